The summed E-state index contributed by atoms with van der Waals surface area (Å²) in [6.07, 6.45) is 12.6. The molecule has 0 aromatic carbocycles. The predicted molar refractivity (Wildman–Crippen MR) is 98.6 cm³/mol. The van der Waals surface area contributed by atoms with Crippen molar-refractivity contribution >= 4 is 5.91 Å². The maximum Gasteiger partial charge on any atom is 0.220 e. The molecule has 0 saturated carbocycles. The van der Waals surface area contributed by atoms with Crippen LogP contribution in [0, 0.1) is 0 Å². The van der Waals surface area contributed by atoms with E-state index in [9.17, 15) is 4.79 Å². The third kappa shape index (κ3) is 15.8. The number of aliphatic hydroxyl groups is 1. The molecule has 0 bridgehead atoms. The van der Waals surface area contributed by atoms with Crippen LogP contribution >= 0.6 is 0 Å². The van der Waals surface area contributed by atoms with Crippen molar-refractivity contribution < 1.29 is 9.90 Å². The highest BCUT2D eigenvalue weighted by atomic mass is 16.2. The van der Waals surface area contributed by atoms with Crippen LogP contribution in [0.25, 0.3) is 0 Å². The lowest BCUT2D eigenvalue weighted by molar-refractivity contribution is -0.121. The van der Waals surface area contributed by atoms with Crippen molar-refractivity contribution in [1.29, 1.82) is 0 Å². The third-order valence-electron chi connectivity index (χ3n) is 4.14. The normalized spacial score (nSPS) is 10.9. The molecule has 0 spiro atoms. The Kier molecular flexibility index (Phi) is 16.8. The van der Waals surface area contributed by atoms with E-state index in [1.165, 1.54) is 25.7 Å². The van der Waals surface area contributed by atoms with E-state index >= 15 is 0 Å². The van der Waals surface area contributed by atoms with Gasteiger partial charge in [0.25, 0.3) is 0 Å². The molecule has 23 heavy (non-hydrogen) atoms. The van der Waals surface area contributed by atoms with Gasteiger partial charge in [0.2, 0.25) is 5.91 Å². The quantitative estimate of drug-likeness (QED) is 0.318. The molecule has 0 atom stereocenters. The number of nitrogens with one attached hydrogen (secondary N) is 1. The lowest BCUT2D eigenvalue weighted by Gasteiger charge is -2.20. The van der Waals surface area contributed by atoms with Crippen LogP contribution in [-0.2, 0) is 4.79 Å². The molecule has 4 heteroatoms. The summed E-state index contributed by atoms with van der Waals surface area (Å²) in [5, 5.41) is 11.7. The van der Waals surface area contributed by atoms with Gasteiger partial charge in [0.05, 0.1) is 0 Å². The smallest absolute Gasteiger partial charge is 0.220 e. The van der Waals surface area contributed by atoms with Crippen LogP contribution < -0.4 is 5.32 Å². The van der Waals surface area contributed by atoms with Crippen LogP contribution in [0.1, 0.15) is 71.1 Å². The van der Waals surface area contributed by atoms with Crippen LogP contribution in [-0.4, -0.2) is 48.7 Å². The number of allylic oxidation sites excluding steroid dienone is 1. The molecular formula is C19H38N2O2. The van der Waals surface area contributed by atoms with Crippen molar-refractivity contribution in [2.45, 2.75) is 71.1 Å². The van der Waals surface area contributed by atoms with E-state index in [1.807, 2.05) is 6.08 Å². The number of carbonyl (C=O) groups is 1. The second kappa shape index (κ2) is 17.5. The number of carbonyl (C=O) groups excluding carboxylic acids is 1. The van der Waals surface area contributed by atoms with Crippen molar-refractivity contribution in [2.24, 2.45) is 0 Å². The molecule has 0 aliphatic heterocycles. The van der Waals surface area contributed by atoms with Crippen LogP contribution in [0.2, 0.25) is 0 Å². The molecule has 0 rings (SSSR count). The van der Waals surface area contributed by atoms with Gasteiger partial charge in [-0.25, -0.2) is 0 Å². The number of hydrogen-bond donors (Lipinski definition) is 2. The number of amides is 1. The molecule has 136 valence electrons. The largest absolute Gasteiger partial charge is 0.396 e. The minimum atomic E-state index is 0.175. The Morgan fingerprint density at radius 2 is 1.74 bits per heavy atom. The molecule has 0 fully saturated rings. The first-order valence-electron chi connectivity index (χ1n) is 9.45. The SMILES string of the molecule is C=CCCCCC(=O)NCCN(CC)CCCCCCCCO. The topological polar surface area (TPSA) is 52.6 Å². The first-order chi connectivity index (χ1) is 11.2. The lowest BCUT2D eigenvalue weighted by Crippen LogP contribution is -2.35. The molecular weight excluding hydrogens is 288 g/mol. The Labute approximate surface area is 143 Å². The fourth-order valence-corrected chi connectivity index (χ4v) is 2.60. The standard InChI is InChI=1S/C19H38N2O2/c1-3-5-6-11-14-19(23)20-15-17-21(4-2)16-12-9-7-8-10-13-18-22/h3,22H,1,4-18H2,2H3,(H,20,23). The zero-order chi connectivity index (χ0) is 17.2. The molecule has 2 N–H and O–H groups in total. The number of unbranched alkanes of at least 4 members (excludes halogenated alkanes) is 7. The number of aliphatic hydroxyl groups excluding tert-OH is 1. The summed E-state index contributed by atoms with van der Waals surface area (Å²) < 4.78 is 0. The fourth-order valence-electron chi connectivity index (χ4n) is 2.60. The van der Waals surface area contributed by atoms with Gasteiger partial charge in [-0.1, -0.05) is 38.7 Å². The number of rotatable bonds is 17. The van der Waals surface area contributed by atoms with Crippen LogP contribution in [0.3, 0.4) is 0 Å². The van der Waals surface area contributed by atoms with Crippen LogP contribution in [0.5, 0.6) is 0 Å². The summed E-state index contributed by atoms with van der Waals surface area (Å²) >= 11 is 0. The molecule has 4 nitrogen and oxygen atoms in total. The van der Waals surface area contributed by atoms with E-state index in [0.717, 1.165) is 58.3 Å². The minimum absolute atomic E-state index is 0.175. The second-order valence-corrected chi connectivity index (χ2v) is 6.16. The summed E-state index contributed by atoms with van der Waals surface area (Å²) in [4.78, 5) is 14.1. The Hall–Kier alpha value is -0.870. The van der Waals surface area contributed by atoms with E-state index in [-0.39, 0.29) is 5.91 Å². The predicted octanol–water partition coefficient (Wildman–Crippen LogP) is 3.50. The average Bonchev–Trinajstić information content (AvgIpc) is 2.56. The van der Waals surface area contributed by atoms with E-state index in [1.54, 1.807) is 0 Å². The zero-order valence-electron chi connectivity index (χ0n) is 15.2. The average molecular weight is 327 g/mol. The van der Waals surface area contributed by atoms with E-state index < -0.39 is 0 Å². The molecule has 0 aliphatic rings. The van der Waals surface area contributed by atoms with Crippen molar-refractivity contribution in [3.05, 3.63) is 12.7 Å². The Morgan fingerprint density at radius 3 is 2.39 bits per heavy atom. The summed E-state index contributed by atoms with van der Waals surface area (Å²) in [6, 6.07) is 0. The second-order valence-electron chi connectivity index (χ2n) is 6.16. The summed E-state index contributed by atoms with van der Waals surface area (Å²) in [6.45, 7) is 10.0. The molecule has 0 aliphatic carbocycles. The fraction of sp³-hybridized carbons (Fsp3) is 0.842. The lowest BCUT2D eigenvalue weighted by atomic mass is 10.1. The van der Waals surface area contributed by atoms with Gasteiger partial charge in [-0.3, -0.25) is 4.79 Å². The number of likely N-dealkylation sites (N-methyl/N-ethyl adjacent to an activating group) is 1. The molecule has 0 aromatic rings. The number of nitrogens with zero attached hydrogens (tertiary/aromatic N) is 1. The summed E-state index contributed by atoms with van der Waals surface area (Å²) in [5.74, 6) is 0.175. The van der Waals surface area contributed by atoms with Gasteiger partial charge in [-0.15, -0.1) is 6.58 Å². The monoisotopic (exact) mass is 326 g/mol. The van der Waals surface area contributed by atoms with E-state index in [2.05, 4.69) is 23.7 Å². The van der Waals surface area contributed by atoms with Gasteiger partial charge < -0.3 is 15.3 Å². The van der Waals surface area contributed by atoms with Gasteiger partial charge in [0.15, 0.2) is 0 Å². The molecule has 0 aromatic heterocycles. The van der Waals surface area contributed by atoms with Crippen molar-refractivity contribution in [3.63, 3.8) is 0 Å². The number of hydrogen-bond acceptors (Lipinski definition) is 3. The van der Waals surface area contributed by atoms with Gasteiger partial charge in [-0.2, -0.15) is 0 Å². The first kappa shape index (κ1) is 22.1. The van der Waals surface area contributed by atoms with E-state index in [4.69, 9.17) is 5.11 Å². The van der Waals surface area contributed by atoms with Crippen molar-refractivity contribution in [1.82, 2.24) is 10.2 Å². The van der Waals surface area contributed by atoms with Crippen molar-refractivity contribution in [2.75, 3.05) is 32.8 Å². The van der Waals surface area contributed by atoms with Gasteiger partial charge in [-0.05, 0) is 45.2 Å². The molecule has 0 unspecified atom stereocenters. The highest BCUT2D eigenvalue weighted by Gasteiger charge is 2.04. The minimum Gasteiger partial charge on any atom is -0.396 e. The Morgan fingerprint density at radius 1 is 1.04 bits per heavy atom. The molecule has 0 heterocycles. The zero-order valence-corrected chi connectivity index (χ0v) is 15.2. The van der Waals surface area contributed by atoms with Gasteiger partial charge in [0.1, 0.15) is 0 Å². The Bertz CT molecular complexity index is 283. The van der Waals surface area contributed by atoms with Crippen molar-refractivity contribution in [3.8, 4) is 0 Å². The van der Waals surface area contributed by atoms with Crippen LogP contribution in [0.4, 0.5) is 0 Å². The summed E-state index contributed by atoms with van der Waals surface area (Å²) in [5.41, 5.74) is 0. The third-order valence-corrected chi connectivity index (χ3v) is 4.14. The van der Waals surface area contributed by atoms with Crippen LogP contribution in [0.15, 0.2) is 12.7 Å². The maximum atomic E-state index is 11.7. The van der Waals surface area contributed by atoms with E-state index in [0.29, 0.717) is 13.0 Å². The molecule has 0 radical (unpaired) electrons. The molecule has 0 saturated heterocycles. The summed E-state index contributed by atoms with van der Waals surface area (Å²) in [7, 11) is 0. The molecule has 1 amide bonds. The highest BCUT2D eigenvalue weighted by Crippen LogP contribution is 2.06. The Balaban J connectivity index is 3.50. The maximum absolute atomic E-state index is 11.7. The van der Waals surface area contributed by atoms with Gasteiger partial charge in [0, 0.05) is 26.1 Å². The van der Waals surface area contributed by atoms with Gasteiger partial charge >= 0.3 is 0 Å². The first-order valence-corrected chi connectivity index (χ1v) is 9.45. The highest BCUT2D eigenvalue weighted by molar-refractivity contribution is 5.75.